The van der Waals surface area contributed by atoms with Crippen molar-refractivity contribution in [2.75, 3.05) is 0 Å². The van der Waals surface area contributed by atoms with Crippen molar-refractivity contribution in [1.82, 2.24) is 0 Å². The molecule has 0 N–H and O–H groups in total. The molecule has 0 unspecified atom stereocenters. The Hall–Kier alpha value is -1.80. The van der Waals surface area contributed by atoms with Crippen LogP contribution in [0.3, 0.4) is 0 Å². The van der Waals surface area contributed by atoms with Crippen LogP contribution in [0.1, 0.15) is 28.8 Å². The fourth-order valence-electron chi connectivity index (χ4n) is 2.16. The van der Waals surface area contributed by atoms with Gasteiger partial charge in [-0.25, -0.2) is 0 Å². The van der Waals surface area contributed by atoms with Crippen molar-refractivity contribution < 1.29 is 4.79 Å². The highest BCUT2D eigenvalue weighted by Crippen LogP contribution is 2.23. The number of carbonyl (C=O) groups is 1. The monoisotopic (exact) mass is 296 g/mol. The van der Waals surface area contributed by atoms with E-state index in [0.717, 1.165) is 24.8 Å². The third-order valence-electron chi connectivity index (χ3n) is 3.33. The highest BCUT2D eigenvalue weighted by molar-refractivity contribution is 8.14. The van der Waals surface area contributed by atoms with Gasteiger partial charge < -0.3 is 0 Å². The lowest BCUT2D eigenvalue weighted by Crippen LogP contribution is -2.05. The minimum Gasteiger partial charge on any atom is -0.282 e. The molecule has 0 aliphatic rings. The second-order valence-electron chi connectivity index (χ2n) is 4.92. The Bertz CT molecular complexity index is 563. The van der Waals surface area contributed by atoms with Crippen molar-refractivity contribution in [2.45, 2.75) is 24.5 Å². The average Bonchev–Trinajstić information content (AvgIpc) is 2.55. The van der Waals surface area contributed by atoms with Crippen LogP contribution in [-0.4, -0.2) is 10.4 Å². The van der Waals surface area contributed by atoms with E-state index in [2.05, 4.69) is 30.8 Å². The maximum atomic E-state index is 12.2. The molecule has 0 saturated carbocycles. The second-order valence-corrected chi connectivity index (χ2v) is 6.14. The summed E-state index contributed by atoms with van der Waals surface area (Å²) in [6, 6.07) is 19.9. The molecule has 2 heteroatoms. The molecule has 0 radical (unpaired) electrons. The topological polar surface area (TPSA) is 17.1 Å². The Morgan fingerprint density at radius 3 is 2.29 bits per heavy atom. The van der Waals surface area contributed by atoms with E-state index in [-0.39, 0.29) is 10.4 Å². The maximum absolute atomic E-state index is 12.2. The third kappa shape index (κ3) is 5.24. The van der Waals surface area contributed by atoms with E-state index in [1.54, 1.807) is 0 Å². The first kappa shape index (κ1) is 15.6. The van der Waals surface area contributed by atoms with Crippen LogP contribution in [-0.2, 0) is 6.42 Å². The molecule has 0 spiro atoms. The molecular formula is C19H20OS. The van der Waals surface area contributed by atoms with E-state index in [4.69, 9.17) is 0 Å². The number of thioether (sulfide) groups is 1. The van der Waals surface area contributed by atoms with Gasteiger partial charge in [0.05, 0.1) is 0 Å². The standard InChI is InChI=1S/C19H20OS/c1-2-18(15-9-12-16-10-5-3-6-11-16)21-19(20)17-13-7-4-8-14-17/h2-8,10-11,13-14,18H,1,9,12,15H2/t18-/m1/s1. The number of carbonyl (C=O) groups excluding carboxylic acids is 1. The molecule has 0 fully saturated rings. The first-order valence-corrected chi connectivity index (χ1v) is 8.10. The van der Waals surface area contributed by atoms with Crippen LogP contribution in [0.2, 0.25) is 0 Å². The summed E-state index contributed by atoms with van der Waals surface area (Å²) in [7, 11) is 0. The highest BCUT2D eigenvalue weighted by Gasteiger charge is 2.13. The molecule has 1 atom stereocenters. The predicted octanol–water partition coefficient (Wildman–Crippen LogP) is 5.14. The zero-order valence-electron chi connectivity index (χ0n) is 12.1. The summed E-state index contributed by atoms with van der Waals surface area (Å²) in [5.41, 5.74) is 2.11. The Balaban J connectivity index is 1.81. The van der Waals surface area contributed by atoms with Gasteiger partial charge in [-0.15, -0.1) is 6.58 Å². The zero-order chi connectivity index (χ0) is 14.9. The van der Waals surface area contributed by atoms with Gasteiger partial charge in [0.1, 0.15) is 0 Å². The van der Waals surface area contributed by atoms with Crippen molar-refractivity contribution in [3.05, 3.63) is 84.4 Å². The van der Waals surface area contributed by atoms with Crippen LogP contribution in [0.4, 0.5) is 0 Å². The number of hydrogen-bond acceptors (Lipinski definition) is 2. The number of hydrogen-bond donors (Lipinski definition) is 0. The minimum absolute atomic E-state index is 0.125. The van der Waals surface area contributed by atoms with Gasteiger partial charge in [0.2, 0.25) is 5.12 Å². The molecule has 2 aromatic rings. The predicted molar refractivity (Wildman–Crippen MR) is 91.7 cm³/mol. The van der Waals surface area contributed by atoms with Crippen LogP contribution < -0.4 is 0 Å². The maximum Gasteiger partial charge on any atom is 0.219 e. The fourth-order valence-corrected chi connectivity index (χ4v) is 3.08. The molecule has 2 rings (SSSR count). The molecule has 0 saturated heterocycles. The summed E-state index contributed by atoms with van der Waals surface area (Å²) in [6.07, 6.45) is 4.97. The Labute approximate surface area is 131 Å². The largest absolute Gasteiger partial charge is 0.282 e. The lowest BCUT2D eigenvalue weighted by atomic mass is 10.1. The Morgan fingerprint density at radius 1 is 1.05 bits per heavy atom. The van der Waals surface area contributed by atoms with Crippen LogP contribution in [0, 0.1) is 0 Å². The fraction of sp³-hybridized carbons (Fsp3) is 0.211. The SMILES string of the molecule is C=C[C@H](CCCc1ccccc1)SC(=O)c1ccccc1. The number of aryl methyl sites for hydroxylation is 1. The second kappa shape index (κ2) is 8.48. The van der Waals surface area contributed by atoms with E-state index in [9.17, 15) is 4.79 Å². The summed E-state index contributed by atoms with van der Waals surface area (Å²) in [4.78, 5) is 12.2. The molecule has 0 aromatic heterocycles. The van der Waals surface area contributed by atoms with Crippen LogP contribution in [0.25, 0.3) is 0 Å². The van der Waals surface area contributed by atoms with Gasteiger partial charge in [0.15, 0.2) is 0 Å². The first-order chi connectivity index (χ1) is 10.3. The molecule has 2 aromatic carbocycles. The van der Waals surface area contributed by atoms with E-state index in [1.165, 1.54) is 17.3 Å². The molecule has 0 heterocycles. The molecule has 0 aliphatic heterocycles. The smallest absolute Gasteiger partial charge is 0.219 e. The van der Waals surface area contributed by atoms with E-state index >= 15 is 0 Å². The molecule has 0 bridgehead atoms. The van der Waals surface area contributed by atoms with Gasteiger partial charge in [0, 0.05) is 10.8 Å². The zero-order valence-corrected chi connectivity index (χ0v) is 12.9. The Kier molecular flexibility index (Phi) is 6.29. The van der Waals surface area contributed by atoms with Gasteiger partial charge in [-0.3, -0.25) is 4.79 Å². The minimum atomic E-state index is 0.125. The first-order valence-electron chi connectivity index (χ1n) is 7.22. The molecule has 1 nitrogen and oxygen atoms in total. The van der Waals surface area contributed by atoms with Crippen LogP contribution in [0.5, 0.6) is 0 Å². The molecule has 21 heavy (non-hydrogen) atoms. The average molecular weight is 296 g/mol. The summed E-state index contributed by atoms with van der Waals surface area (Å²) in [5, 5.41) is 0.307. The van der Waals surface area contributed by atoms with Crippen molar-refractivity contribution >= 4 is 16.9 Å². The summed E-state index contributed by atoms with van der Waals surface area (Å²) in [6.45, 7) is 3.86. The van der Waals surface area contributed by atoms with Crippen molar-refractivity contribution in [3.8, 4) is 0 Å². The van der Waals surface area contributed by atoms with Crippen molar-refractivity contribution in [3.63, 3.8) is 0 Å². The van der Waals surface area contributed by atoms with Crippen molar-refractivity contribution in [1.29, 1.82) is 0 Å². The third-order valence-corrected chi connectivity index (χ3v) is 4.51. The summed E-state index contributed by atoms with van der Waals surface area (Å²) in [5.74, 6) is 0. The number of rotatable bonds is 7. The van der Waals surface area contributed by atoms with Crippen molar-refractivity contribution in [2.24, 2.45) is 0 Å². The van der Waals surface area contributed by atoms with E-state index in [0.29, 0.717) is 0 Å². The van der Waals surface area contributed by atoms with Gasteiger partial charge in [-0.05, 0) is 24.8 Å². The van der Waals surface area contributed by atoms with Crippen LogP contribution in [0.15, 0.2) is 73.3 Å². The molecular weight excluding hydrogens is 276 g/mol. The van der Waals surface area contributed by atoms with Gasteiger partial charge in [0.25, 0.3) is 0 Å². The highest BCUT2D eigenvalue weighted by atomic mass is 32.2. The molecule has 108 valence electrons. The number of benzene rings is 2. The van der Waals surface area contributed by atoms with Gasteiger partial charge in [-0.2, -0.15) is 0 Å². The quantitative estimate of drug-likeness (QED) is 0.658. The van der Waals surface area contributed by atoms with Gasteiger partial charge >= 0.3 is 0 Å². The lowest BCUT2D eigenvalue weighted by Gasteiger charge is -2.11. The lowest BCUT2D eigenvalue weighted by molar-refractivity contribution is 0.108. The van der Waals surface area contributed by atoms with Crippen LogP contribution >= 0.6 is 11.8 Å². The summed E-state index contributed by atoms with van der Waals surface area (Å²) >= 11 is 1.38. The van der Waals surface area contributed by atoms with E-state index < -0.39 is 0 Å². The van der Waals surface area contributed by atoms with E-state index in [1.807, 2.05) is 42.5 Å². The molecule has 0 aliphatic carbocycles. The normalized spacial score (nSPS) is 11.8. The summed E-state index contributed by atoms with van der Waals surface area (Å²) < 4.78 is 0. The van der Waals surface area contributed by atoms with Gasteiger partial charge in [-0.1, -0.05) is 78.5 Å². The molecule has 0 amide bonds. The Morgan fingerprint density at radius 2 is 1.67 bits per heavy atom.